The third-order valence-corrected chi connectivity index (χ3v) is 6.51. The van der Waals surface area contributed by atoms with Gasteiger partial charge in [0, 0.05) is 27.4 Å². The van der Waals surface area contributed by atoms with E-state index in [-0.39, 0.29) is 11.7 Å². The molecule has 4 nitrogen and oxygen atoms in total. The number of amides is 1. The number of aryl methyl sites for hydroxylation is 1. The Hall–Kier alpha value is -2.18. The van der Waals surface area contributed by atoms with E-state index >= 15 is 0 Å². The molecule has 26 heavy (non-hydrogen) atoms. The predicted molar refractivity (Wildman–Crippen MR) is 105 cm³/mol. The topological polar surface area (TPSA) is 53.2 Å². The van der Waals surface area contributed by atoms with Crippen molar-refractivity contribution in [3.05, 3.63) is 67.3 Å². The summed E-state index contributed by atoms with van der Waals surface area (Å²) in [7, 11) is 0. The molecule has 1 aliphatic carbocycles. The summed E-state index contributed by atoms with van der Waals surface area (Å²) in [5.74, 6) is 0.119. The number of nitrogens with zero attached hydrogens (tertiary/aromatic N) is 1. The molecule has 1 amide bonds. The van der Waals surface area contributed by atoms with Crippen molar-refractivity contribution in [3.63, 3.8) is 0 Å². The molecule has 0 radical (unpaired) electrons. The second-order valence-electron chi connectivity index (χ2n) is 6.58. The predicted octanol–water partition coefficient (Wildman–Crippen LogP) is 4.81. The number of nitrogens with one attached hydrogen (secondary N) is 1. The number of thiophene rings is 2. The Labute approximate surface area is 160 Å². The molecular weight excluding hydrogens is 364 g/mol. The maximum Gasteiger partial charge on any atom is 0.271 e. The number of aromatic amines is 1. The fraction of sp³-hybridized carbons (Fsp3) is 0.300. The summed E-state index contributed by atoms with van der Waals surface area (Å²) in [6.45, 7) is 3.04. The smallest absolute Gasteiger partial charge is 0.271 e. The van der Waals surface area contributed by atoms with E-state index in [1.165, 1.54) is 0 Å². The van der Waals surface area contributed by atoms with Crippen molar-refractivity contribution < 1.29 is 9.59 Å². The van der Waals surface area contributed by atoms with Gasteiger partial charge in [0.1, 0.15) is 5.69 Å². The van der Waals surface area contributed by atoms with Gasteiger partial charge in [0.25, 0.3) is 5.91 Å². The number of fused-ring (bicyclic) bond motifs is 1. The molecule has 0 aliphatic heterocycles. The minimum atomic E-state index is -0.0356. The van der Waals surface area contributed by atoms with Crippen LogP contribution >= 0.6 is 22.7 Å². The number of H-pyrrole nitrogens is 1. The molecule has 1 aliphatic rings. The van der Waals surface area contributed by atoms with Crippen molar-refractivity contribution >= 4 is 34.4 Å². The average Bonchev–Trinajstić information content (AvgIpc) is 3.36. The third kappa shape index (κ3) is 3.27. The summed E-state index contributed by atoms with van der Waals surface area (Å²) >= 11 is 3.31. The van der Waals surface area contributed by atoms with E-state index in [9.17, 15) is 9.59 Å². The maximum atomic E-state index is 13.3. The minimum Gasteiger partial charge on any atom is -0.354 e. The Morgan fingerprint density at radius 1 is 1.12 bits per heavy atom. The van der Waals surface area contributed by atoms with Gasteiger partial charge in [-0.2, -0.15) is 0 Å². The highest BCUT2D eigenvalue weighted by Crippen LogP contribution is 2.28. The lowest BCUT2D eigenvalue weighted by atomic mass is 9.94. The van der Waals surface area contributed by atoms with Gasteiger partial charge in [0.05, 0.1) is 13.1 Å². The van der Waals surface area contributed by atoms with Crippen molar-refractivity contribution in [2.75, 3.05) is 0 Å². The van der Waals surface area contributed by atoms with E-state index in [2.05, 4.69) is 17.1 Å². The fourth-order valence-electron chi connectivity index (χ4n) is 3.53. The van der Waals surface area contributed by atoms with Crippen LogP contribution in [0.2, 0.25) is 0 Å². The van der Waals surface area contributed by atoms with E-state index in [4.69, 9.17) is 0 Å². The molecule has 0 aromatic carbocycles. The molecule has 0 fully saturated rings. The summed E-state index contributed by atoms with van der Waals surface area (Å²) in [5, 5.41) is 4.06. The van der Waals surface area contributed by atoms with E-state index in [0.717, 1.165) is 39.4 Å². The first kappa shape index (κ1) is 17.2. The van der Waals surface area contributed by atoms with E-state index in [1.54, 1.807) is 22.7 Å². The highest BCUT2D eigenvalue weighted by Gasteiger charge is 2.28. The van der Waals surface area contributed by atoms with Crippen LogP contribution in [-0.4, -0.2) is 21.6 Å². The zero-order valence-electron chi connectivity index (χ0n) is 14.6. The van der Waals surface area contributed by atoms with E-state index < -0.39 is 0 Å². The first-order valence-corrected chi connectivity index (χ1v) is 10.5. The summed E-state index contributed by atoms with van der Waals surface area (Å²) in [4.78, 5) is 33.1. The lowest BCUT2D eigenvalue weighted by Gasteiger charge is -2.21. The van der Waals surface area contributed by atoms with Gasteiger partial charge < -0.3 is 9.88 Å². The van der Waals surface area contributed by atoms with E-state index in [1.807, 2.05) is 34.7 Å². The van der Waals surface area contributed by atoms with Crippen LogP contribution in [-0.2, 0) is 19.5 Å². The highest BCUT2D eigenvalue weighted by atomic mass is 32.1. The second-order valence-corrected chi connectivity index (χ2v) is 8.64. The number of carbonyl (C=O) groups is 2. The van der Waals surface area contributed by atoms with Crippen LogP contribution in [0.15, 0.2) is 35.0 Å². The lowest BCUT2D eigenvalue weighted by molar-refractivity contribution is 0.0727. The molecule has 6 heteroatoms. The molecule has 0 unspecified atom stereocenters. The largest absolute Gasteiger partial charge is 0.354 e. The van der Waals surface area contributed by atoms with Gasteiger partial charge in [-0.1, -0.05) is 12.1 Å². The Kier molecular flexibility index (Phi) is 4.78. The molecule has 3 heterocycles. The summed E-state index contributed by atoms with van der Waals surface area (Å²) in [5.41, 5.74) is 3.04. The summed E-state index contributed by atoms with van der Waals surface area (Å²) in [6.07, 6.45) is 2.27. The van der Waals surface area contributed by atoms with Crippen molar-refractivity contribution in [1.29, 1.82) is 0 Å². The molecule has 3 aromatic heterocycles. The molecule has 0 saturated heterocycles. The monoisotopic (exact) mass is 384 g/mol. The average molecular weight is 385 g/mol. The molecule has 0 bridgehead atoms. The van der Waals surface area contributed by atoms with Crippen LogP contribution in [0.4, 0.5) is 0 Å². The second kappa shape index (κ2) is 7.21. The number of hydrogen-bond donors (Lipinski definition) is 1. The number of aromatic nitrogens is 1. The molecule has 1 N–H and O–H groups in total. The van der Waals surface area contributed by atoms with Crippen molar-refractivity contribution in [1.82, 2.24) is 9.88 Å². The number of ketones is 1. The van der Waals surface area contributed by atoms with Crippen LogP contribution in [0.25, 0.3) is 0 Å². The first-order valence-electron chi connectivity index (χ1n) is 8.72. The Balaban J connectivity index is 1.66. The van der Waals surface area contributed by atoms with Gasteiger partial charge in [-0.3, -0.25) is 9.59 Å². The van der Waals surface area contributed by atoms with E-state index in [0.29, 0.717) is 25.2 Å². The number of hydrogen-bond acceptors (Lipinski definition) is 4. The van der Waals surface area contributed by atoms with Crippen LogP contribution in [0.3, 0.4) is 0 Å². The number of carbonyl (C=O) groups excluding carboxylic acids is 2. The molecule has 0 atom stereocenters. The molecule has 0 saturated carbocycles. The molecule has 4 rings (SSSR count). The van der Waals surface area contributed by atoms with Crippen molar-refractivity contribution in [2.45, 2.75) is 39.3 Å². The Morgan fingerprint density at radius 2 is 1.77 bits per heavy atom. The van der Waals surface area contributed by atoms with Gasteiger partial charge in [-0.15, -0.1) is 22.7 Å². The van der Waals surface area contributed by atoms with Gasteiger partial charge >= 0.3 is 0 Å². The molecular formula is C20H20N2O2S2. The number of rotatable bonds is 5. The zero-order valence-corrected chi connectivity index (χ0v) is 16.2. The van der Waals surface area contributed by atoms with Crippen LogP contribution in [0.5, 0.6) is 0 Å². The summed E-state index contributed by atoms with van der Waals surface area (Å²) in [6, 6.07) is 8.11. The zero-order chi connectivity index (χ0) is 18.1. The molecule has 3 aromatic rings. The summed E-state index contributed by atoms with van der Waals surface area (Å²) < 4.78 is 0. The number of Topliss-reactive ketones (excluding diaryl/α,β-unsaturated/α-hetero) is 1. The van der Waals surface area contributed by atoms with Crippen LogP contribution in [0.1, 0.15) is 54.7 Å². The first-order chi connectivity index (χ1) is 12.6. The van der Waals surface area contributed by atoms with Crippen molar-refractivity contribution in [2.24, 2.45) is 0 Å². The fourth-order valence-corrected chi connectivity index (χ4v) is 4.97. The lowest BCUT2D eigenvalue weighted by Crippen LogP contribution is -2.30. The van der Waals surface area contributed by atoms with Gasteiger partial charge in [-0.25, -0.2) is 0 Å². The van der Waals surface area contributed by atoms with Crippen molar-refractivity contribution in [3.8, 4) is 0 Å². The SMILES string of the molecule is Cc1c(C(=O)N(Cc2cccs2)Cc2cccs2)[nH]c2c1C(=O)CCC2. The standard InChI is InChI=1S/C20H20N2O2S2/c1-13-18-16(7-2-8-17(18)23)21-19(13)20(24)22(11-14-5-3-9-25-14)12-15-6-4-10-26-15/h3-6,9-10,21H,2,7-8,11-12H2,1H3. The minimum absolute atomic E-state index is 0.0356. The third-order valence-electron chi connectivity index (χ3n) is 4.79. The normalized spacial score (nSPS) is 13.7. The van der Waals surface area contributed by atoms with Gasteiger partial charge in [0.2, 0.25) is 0 Å². The quantitative estimate of drug-likeness (QED) is 0.686. The Morgan fingerprint density at radius 3 is 2.31 bits per heavy atom. The van der Waals surface area contributed by atoms with Crippen LogP contribution in [0, 0.1) is 6.92 Å². The molecule has 0 spiro atoms. The van der Waals surface area contributed by atoms with Gasteiger partial charge in [-0.05, 0) is 48.2 Å². The highest BCUT2D eigenvalue weighted by molar-refractivity contribution is 7.10. The molecule has 134 valence electrons. The van der Waals surface area contributed by atoms with Gasteiger partial charge in [0.15, 0.2) is 5.78 Å². The Bertz CT molecular complexity index is 887. The maximum absolute atomic E-state index is 13.3. The van der Waals surface area contributed by atoms with Crippen LogP contribution < -0.4 is 0 Å².